The Balaban J connectivity index is 1.95. The number of hydrogen-bond donors (Lipinski definition) is 2. The molecule has 0 saturated heterocycles. The van der Waals surface area contributed by atoms with Crippen molar-refractivity contribution in [2.45, 2.75) is 30.5 Å². The van der Waals surface area contributed by atoms with Crippen LogP contribution in [0.15, 0.2) is 46.0 Å². The van der Waals surface area contributed by atoms with E-state index in [4.69, 9.17) is 11.6 Å². The topological polar surface area (TPSA) is 75.3 Å². The van der Waals surface area contributed by atoms with Crippen molar-refractivity contribution in [2.75, 3.05) is 6.54 Å². The van der Waals surface area contributed by atoms with Crippen LogP contribution in [0.5, 0.6) is 0 Å². The van der Waals surface area contributed by atoms with Crippen LogP contribution in [0.2, 0.25) is 5.02 Å². The fourth-order valence-electron chi connectivity index (χ4n) is 2.23. The van der Waals surface area contributed by atoms with Gasteiger partial charge in [-0.25, -0.2) is 8.42 Å². The zero-order valence-electron chi connectivity index (χ0n) is 14.0. The lowest BCUT2D eigenvalue weighted by Crippen LogP contribution is -2.49. The average Bonchev–Trinajstić information content (AvgIpc) is 3.09. The molecule has 1 atom stereocenters. The molecular weight excluding hydrogens is 380 g/mol. The minimum atomic E-state index is -3.70. The molecule has 2 aromatic rings. The Labute approximate surface area is 157 Å². The molecule has 2 rings (SSSR count). The van der Waals surface area contributed by atoms with Crippen LogP contribution in [-0.2, 0) is 21.2 Å². The fourth-order valence-corrected chi connectivity index (χ4v) is 4.70. The zero-order valence-corrected chi connectivity index (χ0v) is 16.4. The molecule has 5 nitrogen and oxygen atoms in total. The molecule has 1 aromatic carbocycles. The van der Waals surface area contributed by atoms with Gasteiger partial charge >= 0.3 is 0 Å². The highest BCUT2D eigenvalue weighted by atomic mass is 35.5. The molecular formula is C17H21ClN2O3S2. The fraction of sp³-hybridized carbons (Fsp3) is 0.353. The first-order valence-electron chi connectivity index (χ1n) is 7.87. The van der Waals surface area contributed by atoms with Gasteiger partial charge in [-0.2, -0.15) is 4.72 Å². The lowest BCUT2D eigenvalue weighted by Gasteiger charge is -2.21. The highest BCUT2D eigenvalue weighted by molar-refractivity contribution is 7.91. The van der Waals surface area contributed by atoms with Crippen molar-refractivity contribution in [1.29, 1.82) is 0 Å². The van der Waals surface area contributed by atoms with Gasteiger partial charge in [0.2, 0.25) is 5.91 Å². The number of carbonyl (C=O) groups is 1. The number of hydrogen-bond acceptors (Lipinski definition) is 4. The molecule has 1 amide bonds. The Morgan fingerprint density at radius 2 is 1.88 bits per heavy atom. The number of sulfonamides is 1. The van der Waals surface area contributed by atoms with Crippen molar-refractivity contribution in [3.05, 3.63) is 52.4 Å². The first-order valence-corrected chi connectivity index (χ1v) is 10.6. The van der Waals surface area contributed by atoms with Gasteiger partial charge in [0.15, 0.2) is 0 Å². The second-order valence-corrected chi connectivity index (χ2v) is 9.27. The van der Waals surface area contributed by atoms with Crippen LogP contribution in [0.4, 0.5) is 0 Å². The minimum absolute atomic E-state index is 0.176. The smallest absolute Gasteiger partial charge is 0.250 e. The molecule has 0 aliphatic rings. The second-order valence-electron chi connectivity index (χ2n) is 5.94. The Bertz CT molecular complexity index is 788. The summed E-state index contributed by atoms with van der Waals surface area (Å²) in [7, 11) is -3.70. The number of thiophene rings is 1. The first-order chi connectivity index (χ1) is 11.8. The molecule has 1 aromatic heterocycles. The average molecular weight is 401 g/mol. The van der Waals surface area contributed by atoms with Crippen LogP contribution in [0.1, 0.15) is 19.4 Å². The van der Waals surface area contributed by atoms with Crippen LogP contribution >= 0.6 is 22.9 Å². The normalized spacial score (nSPS) is 13.0. The van der Waals surface area contributed by atoms with Gasteiger partial charge in [0.05, 0.1) is 0 Å². The highest BCUT2D eigenvalue weighted by Crippen LogP contribution is 2.17. The molecule has 0 aliphatic heterocycles. The van der Waals surface area contributed by atoms with Gasteiger partial charge in [0.1, 0.15) is 10.3 Å². The second kappa shape index (κ2) is 8.80. The van der Waals surface area contributed by atoms with Crippen molar-refractivity contribution in [1.82, 2.24) is 10.0 Å². The molecule has 1 unspecified atom stereocenters. The Morgan fingerprint density at radius 1 is 1.20 bits per heavy atom. The molecule has 8 heteroatoms. The van der Waals surface area contributed by atoms with Crippen molar-refractivity contribution < 1.29 is 13.2 Å². The van der Waals surface area contributed by atoms with E-state index in [0.29, 0.717) is 18.0 Å². The maximum absolute atomic E-state index is 12.4. The van der Waals surface area contributed by atoms with Gasteiger partial charge in [-0.05, 0) is 41.5 Å². The maximum atomic E-state index is 12.4. The zero-order chi connectivity index (χ0) is 18.4. The highest BCUT2D eigenvalue weighted by Gasteiger charge is 2.28. The van der Waals surface area contributed by atoms with Gasteiger partial charge in [0.25, 0.3) is 10.0 Å². The van der Waals surface area contributed by atoms with E-state index in [0.717, 1.165) is 16.9 Å². The third-order valence-corrected chi connectivity index (χ3v) is 6.71. The van der Waals surface area contributed by atoms with Crippen LogP contribution in [0, 0.1) is 5.92 Å². The predicted octanol–water partition coefficient (Wildman–Crippen LogP) is 3.06. The molecule has 0 radical (unpaired) electrons. The van der Waals surface area contributed by atoms with Crippen LogP contribution in [-0.4, -0.2) is 26.9 Å². The largest absolute Gasteiger partial charge is 0.354 e. The summed E-state index contributed by atoms with van der Waals surface area (Å²) >= 11 is 6.96. The van der Waals surface area contributed by atoms with Crippen molar-refractivity contribution in [2.24, 2.45) is 5.92 Å². The first kappa shape index (κ1) is 19.9. The number of benzene rings is 1. The number of carbonyl (C=O) groups excluding carboxylic acids is 1. The lowest BCUT2D eigenvalue weighted by atomic mass is 10.0. The lowest BCUT2D eigenvalue weighted by molar-refractivity contribution is -0.123. The van der Waals surface area contributed by atoms with Gasteiger partial charge in [-0.15, -0.1) is 11.3 Å². The third-order valence-electron chi connectivity index (χ3n) is 3.62. The minimum Gasteiger partial charge on any atom is -0.354 e. The van der Waals surface area contributed by atoms with Crippen molar-refractivity contribution >= 4 is 38.9 Å². The quantitative estimate of drug-likeness (QED) is 0.715. The van der Waals surface area contributed by atoms with E-state index < -0.39 is 16.1 Å². The number of amides is 1. The van der Waals surface area contributed by atoms with E-state index in [9.17, 15) is 13.2 Å². The summed E-state index contributed by atoms with van der Waals surface area (Å²) in [6, 6.07) is 9.74. The van der Waals surface area contributed by atoms with Gasteiger partial charge in [-0.3, -0.25) is 4.79 Å². The van der Waals surface area contributed by atoms with E-state index in [-0.39, 0.29) is 16.0 Å². The van der Waals surface area contributed by atoms with Gasteiger partial charge in [0, 0.05) is 11.6 Å². The molecule has 0 saturated carbocycles. The summed E-state index contributed by atoms with van der Waals surface area (Å²) in [5, 5.41) is 5.15. The maximum Gasteiger partial charge on any atom is 0.250 e. The van der Waals surface area contributed by atoms with E-state index in [2.05, 4.69) is 10.0 Å². The summed E-state index contributed by atoms with van der Waals surface area (Å²) in [5.74, 6) is -0.505. The summed E-state index contributed by atoms with van der Waals surface area (Å²) in [6.07, 6.45) is 0.644. The molecule has 136 valence electrons. The summed E-state index contributed by atoms with van der Waals surface area (Å²) in [5.41, 5.74) is 1.05. The van der Waals surface area contributed by atoms with Crippen LogP contribution in [0.25, 0.3) is 0 Å². The SMILES string of the molecule is CC(C)C(NS(=O)(=O)c1cccs1)C(=O)NCCc1ccc(Cl)cc1. The summed E-state index contributed by atoms with van der Waals surface area (Å²) < 4.78 is 27.4. The number of halogens is 1. The molecule has 0 aliphatic carbocycles. The van der Waals surface area contributed by atoms with Crippen molar-refractivity contribution in [3.63, 3.8) is 0 Å². The van der Waals surface area contributed by atoms with E-state index >= 15 is 0 Å². The Morgan fingerprint density at radius 3 is 2.44 bits per heavy atom. The van der Waals surface area contributed by atoms with Gasteiger partial charge in [-0.1, -0.05) is 43.6 Å². The molecule has 25 heavy (non-hydrogen) atoms. The van der Waals surface area contributed by atoms with E-state index in [1.165, 1.54) is 6.07 Å². The van der Waals surface area contributed by atoms with E-state index in [1.807, 2.05) is 12.1 Å². The standard InChI is InChI=1S/C17H21ClN2O3S2/c1-12(2)16(20-25(22,23)15-4-3-11-24-15)17(21)19-10-9-13-5-7-14(18)8-6-13/h3-8,11-12,16,20H,9-10H2,1-2H3,(H,19,21). The van der Waals surface area contributed by atoms with Crippen LogP contribution in [0.3, 0.4) is 0 Å². The third kappa shape index (κ3) is 5.81. The molecule has 1 heterocycles. The number of nitrogens with one attached hydrogen (secondary N) is 2. The van der Waals surface area contributed by atoms with E-state index in [1.54, 1.807) is 37.4 Å². The monoisotopic (exact) mass is 400 g/mol. The molecule has 0 bridgehead atoms. The molecule has 0 spiro atoms. The van der Waals surface area contributed by atoms with Gasteiger partial charge < -0.3 is 5.32 Å². The Kier molecular flexibility index (Phi) is 7.01. The predicted molar refractivity (Wildman–Crippen MR) is 101 cm³/mol. The summed E-state index contributed by atoms with van der Waals surface area (Å²) in [6.45, 7) is 4.03. The molecule has 0 fully saturated rings. The summed E-state index contributed by atoms with van der Waals surface area (Å²) in [4.78, 5) is 12.4. The van der Waals surface area contributed by atoms with Crippen molar-refractivity contribution in [3.8, 4) is 0 Å². The molecule has 2 N–H and O–H groups in total. The number of rotatable bonds is 8. The Hall–Kier alpha value is -1.41. The van der Waals surface area contributed by atoms with Crippen LogP contribution < -0.4 is 10.0 Å².